The molecule has 1 heterocycles. The molecular weight excluding hydrogens is 210 g/mol. The number of carbonyl (C=O) groups excluding carboxylic acids is 1. The lowest BCUT2D eigenvalue weighted by Crippen LogP contribution is -2.44. The van der Waals surface area contributed by atoms with Gasteiger partial charge in [0.15, 0.2) is 0 Å². The van der Waals surface area contributed by atoms with Crippen molar-refractivity contribution >= 4 is 11.9 Å². The molecule has 0 aromatic heterocycles. The Hall–Kier alpha value is -1.61. The molecule has 1 fully saturated rings. The summed E-state index contributed by atoms with van der Waals surface area (Å²) < 4.78 is 0. The van der Waals surface area contributed by atoms with Crippen LogP contribution in [0.2, 0.25) is 0 Å². The highest BCUT2D eigenvalue weighted by Crippen LogP contribution is 2.23. The van der Waals surface area contributed by atoms with Crippen LogP contribution in [-0.4, -0.2) is 47.6 Å². The van der Waals surface area contributed by atoms with E-state index in [-0.39, 0.29) is 24.9 Å². The summed E-state index contributed by atoms with van der Waals surface area (Å²) in [6.45, 7) is 2.48. The van der Waals surface area contributed by atoms with Crippen LogP contribution in [0.3, 0.4) is 0 Å². The van der Waals surface area contributed by atoms with Crippen molar-refractivity contribution in [3.8, 4) is 6.07 Å². The predicted molar refractivity (Wildman–Crippen MR) is 55.4 cm³/mol. The van der Waals surface area contributed by atoms with Gasteiger partial charge in [-0.1, -0.05) is 6.92 Å². The Morgan fingerprint density at radius 2 is 2.31 bits per heavy atom. The van der Waals surface area contributed by atoms with E-state index in [0.29, 0.717) is 6.54 Å². The van der Waals surface area contributed by atoms with Crippen molar-refractivity contribution in [2.24, 2.45) is 5.92 Å². The largest absolute Gasteiger partial charge is 0.480 e. The second-order valence-electron chi connectivity index (χ2n) is 3.95. The van der Waals surface area contributed by atoms with Gasteiger partial charge >= 0.3 is 5.97 Å². The zero-order valence-corrected chi connectivity index (χ0v) is 9.14. The SMILES string of the molecule is CC1CCN(CC(=O)NCC#N)C1C(=O)O. The van der Waals surface area contributed by atoms with E-state index in [0.717, 1.165) is 6.42 Å². The van der Waals surface area contributed by atoms with Crippen molar-refractivity contribution in [1.29, 1.82) is 5.26 Å². The van der Waals surface area contributed by atoms with E-state index >= 15 is 0 Å². The normalized spacial score (nSPS) is 25.0. The standard InChI is InChI=1S/C10H15N3O3/c1-7-2-5-13(9(7)10(15)16)6-8(14)12-4-3-11/h7,9H,2,4-6H2,1H3,(H,12,14)(H,15,16). The molecular formula is C10H15N3O3. The number of amides is 1. The first-order valence-corrected chi connectivity index (χ1v) is 5.16. The Kier molecular flexibility index (Phi) is 4.26. The summed E-state index contributed by atoms with van der Waals surface area (Å²) in [4.78, 5) is 24.0. The summed E-state index contributed by atoms with van der Waals surface area (Å²) in [5.74, 6) is -1.14. The number of nitrogens with zero attached hydrogens (tertiary/aromatic N) is 2. The van der Waals surface area contributed by atoms with Crippen LogP contribution in [0.5, 0.6) is 0 Å². The van der Waals surface area contributed by atoms with Crippen LogP contribution >= 0.6 is 0 Å². The molecule has 0 aromatic rings. The number of hydrogen-bond donors (Lipinski definition) is 2. The lowest BCUT2D eigenvalue weighted by Gasteiger charge is -2.22. The number of carbonyl (C=O) groups is 2. The minimum absolute atomic E-state index is 0.0417. The third-order valence-corrected chi connectivity index (χ3v) is 2.77. The van der Waals surface area contributed by atoms with Gasteiger partial charge in [0.25, 0.3) is 0 Å². The van der Waals surface area contributed by atoms with Gasteiger partial charge in [0, 0.05) is 0 Å². The van der Waals surface area contributed by atoms with Crippen molar-refractivity contribution < 1.29 is 14.7 Å². The molecule has 6 heteroatoms. The highest BCUT2D eigenvalue weighted by molar-refractivity contribution is 5.80. The first kappa shape index (κ1) is 12.5. The topological polar surface area (TPSA) is 93.4 Å². The van der Waals surface area contributed by atoms with Gasteiger partial charge < -0.3 is 10.4 Å². The van der Waals surface area contributed by atoms with Crippen molar-refractivity contribution in [3.05, 3.63) is 0 Å². The highest BCUT2D eigenvalue weighted by atomic mass is 16.4. The van der Waals surface area contributed by atoms with E-state index in [4.69, 9.17) is 10.4 Å². The zero-order chi connectivity index (χ0) is 12.1. The summed E-state index contributed by atoms with van der Waals surface area (Å²) in [5, 5.41) is 19.7. The van der Waals surface area contributed by atoms with Crippen LogP contribution in [0.15, 0.2) is 0 Å². The number of likely N-dealkylation sites (tertiary alicyclic amines) is 1. The van der Waals surface area contributed by atoms with Crippen LogP contribution < -0.4 is 5.32 Å². The van der Waals surface area contributed by atoms with Crippen molar-refractivity contribution in [1.82, 2.24) is 10.2 Å². The first-order valence-electron chi connectivity index (χ1n) is 5.16. The molecule has 1 rings (SSSR count). The molecule has 1 saturated heterocycles. The highest BCUT2D eigenvalue weighted by Gasteiger charge is 2.37. The first-order chi connectivity index (χ1) is 7.56. The van der Waals surface area contributed by atoms with Gasteiger partial charge in [0.1, 0.15) is 12.6 Å². The predicted octanol–water partition coefficient (Wildman–Crippen LogP) is -0.579. The van der Waals surface area contributed by atoms with E-state index in [9.17, 15) is 9.59 Å². The molecule has 0 bridgehead atoms. The Morgan fingerprint density at radius 1 is 1.62 bits per heavy atom. The Bertz CT molecular complexity index is 324. The van der Waals surface area contributed by atoms with E-state index in [2.05, 4.69) is 5.32 Å². The molecule has 0 radical (unpaired) electrons. The van der Waals surface area contributed by atoms with Gasteiger partial charge in [-0.15, -0.1) is 0 Å². The number of hydrogen-bond acceptors (Lipinski definition) is 4. The monoisotopic (exact) mass is 225 g/mol. The second-order valence-corrected chi connectivity index (χ2v) is 3.95. The summed E-state index contributed by atoms with van der Waals surface area (Å²) in [6, 6.07) is 1.21. The third-order valence-electron chi connectivity index (χ3n) is 2.77. The fourth-order valence-electron chi connectivity index (χ4n) is 1.98. The van der Waals surface area contributed by atoms with E-state index < -0.39 is 12.0 Å². The minimum atomic E-state index is -0.891. The Morgan fingerprint density at radius 3 is 2.88 bits per heavy atom. The van der Waals surface area contributed by atoms with Crippen LogP contribution in [0, 0.1) is 17.2 Å². The van der Waals surface area contributed by atoms with Crippen molar-refractivity contribution in [3.63, 3.8) is 0 Å². The molecule has 0 spiro atoms. The van der Waals surface area contributed by atoms with E-state index in [1.165, 1.54) is 0 Å². The molecule has 2 unspecified atom stereocenters. The second kappa shape index (κ2) is 5.47. The number of carboxylic acids is 1. The third kappa shape index (κ3) is 2.94. The summed E-state index contributed by atoms with van der Waals surface area (Å²) >= 11 is 0. The van der Waals surface area contributed by atoms with Gasteiger partial charge in [-0.25, -0.2) is 0 Å². The molecule has 16 heavy (non-hydrogen) atoms. The number of carboxylic acid groups (broad SMARTS) is 1. The average molecular weight is 225 g/mol. The van der Waals surface area contributed by atoms with Crippen LogP contribution in [-0.2, 0) is 9.59 Å². The molecule has 2 atom stereocenters. The molecule has 0 aromatic carbocycles. The quantitative estimate of drug-likeness (QED) is 0.624. The van der Waals surface area contributed by atoms with Gasteiger partial charge in [-0.05, 0) is 18.9 Å². The molecule has 1 amide bonds. The average Bonchev–Trinajstić information content (AvgIpc) is 2.56. The van der Waals surface area contributed by atoms with Gasteiger partial charge in [0.05, 0.1) is 12.6 Å². The van der Waals surface area contributed by atoms with E-state index in [1.807, 2.05) is 6.92 Å². The van der Waals surface area contributed by atoms with Gasteiger partial charge in [-0.2, -0.15) is 5.26 Å². The Labute approximate surface area is 93.8 Å². The molecule has 1 aliphatic heterocycles. The maximum absolute atomic E-state index is 11.3. The van der Waals surface area contributed by atoms with Crippen LogP contribution in [0.1, 0.15) is 13.3 Å². The summed E-state index contributed by atoms with van der Waals surface area (Å²) in [5.41, 5.74) is 0. The fraction of sp³-hybridized carbons (Fsp3) is 0.700. The molecule has 6 nitrogen and oxygen atoms in total. The van der Waals surface area contributed by atoms with E-state index in [1.54, 1.807) is 11.0 Å². The number of aliphatic carboxylic acids is 1. The summed E-state index contributed by atoms with van der Waals surface area (Å²) in [6.07, 6.45) is 0.780. The molecule has 88 valence electrons. The maximum atomic E-state index is 11.3. The van der Waals surface area contributed by atoms with Crippen molar-refractivity contribution in [2.45, 2.75) is 19.4 Å². The lowest BCUT2D eigenvalue weighted by molar-refractivity contribution is -0.143. The molecule has 0 aliphatic carbocycles. The summed E-state index contributed by atoms with van der Waals surface area (Å²) in [7, 11) is 0. The molecule has 2 N–H and O–H groups in total. The number of rotatable bonds is 4. The van der Waals surface area contributed by atoms with Gasteiger partial charge in [0.2, 0.25) is 5.91 Å². The van der Waals surface area contributed by atoms with Crippen LogP contribution in [0.25, 0.3) is 0 Å². The van der Waals surface area contributed by atoms with Gasteiger partial charge in [-0.3, -0.25) is 14.5 Å². The number of nitrogens with one attached hydrogen (secondary N) is 1. The number of nitriles is 1. The zero-order valence-electron chi connectivity index (χ0n) is 9.14. The molecule has 0 saturated carbocycles. The lowest BCUT2D eigenvalue weighted by atomic mass is 10.0. The van der Waals surface area contributed by atoms with Crippen LogP contribution in [0.4, 0.5) is 0 Å². The maximum Gasteiger partial charge on any atom is 0.321 e. The Balaban J connectivity index is 2.51. The smallest absolute Gasteiger partial charge is 0.321 e. The minimum Gasteiger partial charge on any atom is -0.480 e. The fourth-order valence-corrected chi connectivity index (χ4v) is 1.98. The molecule has 1 aliphatic rings. The van der Waals surface area contributed by atoms with Crippen molar-refractivity contribution in [2.75, 3.05) is 19.6 Å².